The second kappa shape index (κ2) is 5.09. The number of hydrogen-bond donors (Lipinski definition) is 2. The maximum absolute atomic E-state index is 13.6. The van der Waals surface area contributed by atoms with Crippen LogP contribution in [0.5, 0.6) is 0 Å². The van der Waals surface area contributed by atoms with E-state index in [4.69, 9.17) is 5.73 Å². The van der Waals surface area contributed by atoms with E-state index < -0.39 is 32.2 Å². The summed E-state index contributed by atoms with van der Waals surface area (Å²) in [6, 6.07) is 7.82. The summed E-state index contributed by atoms with van der Waals surface area (Å²) >= 11 is 0. The first-order valence-corrected chi connectivity index (χ1v) is 7.12. The lowest BCUT2D eigenvalue weighted by atomic mass is 10.2. The Morgan fingerprint density at radius 2 is 1.75 bits per heavy atom. The van der Waals surface area contributed by atoms with Crippen LogP contribution in [0.2, 0.25) is 0 Å². The Kier molecular flexibility index (Phi) is 3.63. The highest BCUT2D eigenvalue weighted by atomic mass is 32.2. The van der Waals surface area contributed by atoms with Gasteiger partial charge in [-0.15, -0.1) is 0 Å². The van der Waals surface area contributed by atoms with Gasteiger partial charge in [0.2, 0.25) is 0 Å². The molecule has 0 fully saturated rings. The summed E-state index contributed by atoms with van der Waals surface area (Å²) in [6.45, 7) is 1.70. The number of sulfonamides is 1. The molecule has 2 rings (SSSR count). The molecule has 4 nitrogen and oxygen atoms in total. The van der Waals surface area contributed by atoms with Gasteiger partial charge in [-0.3, -0.25) is 4.72 Å². The Bertz CT molecular complexity index is 761. The van der Waals surface area contributed by atoms with Crippen molar-refractivity contribution >= 4 is 21.4 Å². The molecule has 0 aliphatic rings. The van der Waals surface area contributed by atoms with Crippen LogP contribution >= 0.6 is 0 Å². The molecule has 3 N–H and O–H groups in total. The molecular formula is C13H12F2N2O2S. The number of anilines is 2. The smallest absolute Gasteiger partial charge is 0.264 e. The molecule has 0 aromatic heterocycles. The normalized spacial score (nSPS) is 11.3. The van der Waals surface area contributed by atoms with Crippen LogP contribution in [-0.2, 0) is 10.0 Å². The molecule has 0 heterocycles. The highest BCUT2D eigenvalue weighted by Gasteiger charge is 2.21. The Balaban J connectivity index is 2.47. The molecule has 0 bridgehead atoms. The van der Waals surface area contributed by atoms with E-state index >= 15 is 0 Å². The monoisotopic (exact) mass is 298 g/mol. The fraction of sp³-hybridized carbons (Fsp3) is 0.0769. The van der Waals surface area contributed by atoms with Gasteiger partial charge >= 0.3 is 0 Å². The average molecular weight is 298 g/mol. The summed E-state index contributed by atoms with van der Waals surface area (Å²) in [6.07, 6.45) is 0. The van der Waals surface area contributed by atoms with E-state index in [9.17, 15) is 17.2 Å². The molecule has 0 spiro atoms. The molecule has 0 saturated carbocycles. The van der Waals surface area contributed by atoms with Crippen LogP contribution in [0.1, 0.15) is 5.56 Å². The first-order chi connectivity index (χ1) is 9.31. The van der Waals surface area contributed by atoms with Crippen molar-refractivity contribution in [3.05, 3.63) is 53.6 Å². The number of benzene rings is 2. The molecule has 0 radical (unpaired) electrons. The van der Waals surface area contributed by atoms with Crippen molar-refractivity contribution < 1.29 is 17.2 Å². The number of nitrogens with two attached hydrogens (primary N) is 1. The van der Waals surface area contributed by atoms with Crippen LogP contribution < -0.4 is 10.5 Å². The van der Waals surface area contributed by atoms with Crippen LogP contribution in [0.15, 0.2) is 41.3 Å². The summed E-state index contributed by atoms with van der Waals surface area (Å²) in [4.78, 5) is -0.695. The molecule has 2 aromatic rings. The maximum Gasteiger partial charge on any atom is 0.264 e. The van der Waals surface area contributed by atoms with E-state index in [0.717, 1.165) is 6.07 Å². The highest BCUT2D eigenvalue weighted by molar-refractivity contribution is 7.92. The van der Waals surface area contributed by atoms with Crippen molar-refractivity contribution in [1.29, 1.82) is 0 Å². The van der Waals surface area contributed by atoms with Crippen molar-refractivity contribution in [3.8, 4) is 0 Å². The van der Waals surface area contributed by atoms with Gasteiger partial charge in [-0.1, -0.05) is 18.2 Å². The van der Waals surface area contributed by atoms with E-state index in [1.807, 2.05) is 0 Å². The second-order valence-corrected chi connectivity index (χ2v) is 5.88. The topological polar surface area (TPSA) is 72.2 Å². The van der Waals surface area contributed by atoms with Gasteiger partial charge in [0.15, 0.2) is 0 Å². The fourth-order valence-electron chi connectivity index (χ4n) is 1.64. The molecule has 2 aromatic carbocycles. The molecule has 20 heavy (non-hydrogen) atoms. The minimum Gasteiger partial charge on any atom is -0.396 e. The Labute approximate surface area is 115 Å². The minimum atomic E-state index is -4.18. The lowest BCUT2D eigenvalue weighted by Crippen LogP contribution is -2.16. The molecule has 7 heteroatoms. The standard InChI is InChI=1S/C13H12F2N2O2S/c1-8-4-2-3-5-12(8)17-20(18,19)13-7-11(16)9(14)6-10(13)15/h2-7,17H,16H2,1H3. The van der Waals surface area contributed by atoms with Gasteiger partial charge in [-0.25, -0.2) is 17.2 Å². The van der Waals surface area contributed by atoms with E-state index in [1.165, 1.54) is 6.07 Å². The van der Waals surface area contributed by atoms with Crippen molar-refractivity contribution in [2.45, 2.75) is 11.8 Å². The quantitative estimate of drug-likeness (QED) is 0.856. The molecule has 0 aliphatic carbocycles. The van der Waals surface area contributed by atoms with Gasteiger partial charge in [0.05, 0.1) is 11.4 Å². The van der Waals surface area contributed by atoms with Crippen LogP contribution in [-0.4, -0.2) is 8.42 Å². The van der Waals surface area contributed by atoms with Crippen LogP contribution in [0.4, 0.5) is 20.2 Å². The van der Waals surface area contributed by atoms with E-state index in [-0.39, 0.29) is 0 Å². The number of hydrogen-bond acceptors (Lipinski definition) is 3. The zero-order chi connectivity index (χ0) is 14.9. The number of halogens is 2. The zero-order valence-corrected chi connectivity index (χ0v) is 11.3. The Morgan fingerprint density at radius 3 is 2.40 bits per heavy atom. The molecule has 0 unspecified atom stereocenters. The van der Waals surface area contributed by atoms with Gasteiger partial charge in [0.1, 0.15) is 16.5 Å². The largest absolute Gasteiger partial charge is 0.396 e. The number of aryl methyl sites for hydroxylation is 1. The van der Waals surface area contributed by atoms with E-state index in [1.54, 1.807) is 25.1 Å². The first-order valence-electron chi connectivity index (χ1n) is 5.64. The third-order valence-corrected chi connectivity index (χ3v) is 4.11. The van der Waals surface area contributed by atoms with Crippen LogP contribution in [0.25, 0.3) is 0 Å². The summed E-state index contributed by atoms with van der Waals surface area (Å²) in [5.41, 5.74) is 5.83. The third kappa shape index (κ3) is 2.72. The number of rotatable bonds is 3. The molecular weight excluding hydrogens is 286 g/mol. The second-order valence-electron chi connectivity index (χ2n) is 4.22. The SMILES string of the molecule is Cc1ccccc1NS(=O)(=O)c1cc(N)c(F)cc1F. The zero-order valence-electron chi connectivity index (χ0n) is 10.5. The third-order valence-electron chi connectivity index (χ3n) is 2.73. The summed E-state index contributed by atoms with van der Waals surface area (Å²) in [7, 11) is -4.18. The number of nitrogen functional groups attached to an aromatic ring is 1. The summed E-state index contributed by atoms with van der Waals surface area (Å²) in [5, 5.41) is 0. The van der Waals surface area contributed by atoms with Crippen molar-refractivity contribution in [2.75, 3.05) is 10.5 Å². The Morgan fingerprint density at radius 1 is 1.10 bits per heavy atom. The van der Waals surface area contributed by atoms with Crippen molar-refractivity contribution in [2.24, 2.45) is 0 Å². The van der Waals surface area contributed by atoms with Crippen molar-refractivity contribution in [1.82, 2.24) is 0 Å². The van der Waals surface area contributed by atoms with Gasteiger partial charge in [0.25, 0.3) is 10.0 Å². The molecule has 0 saturated heterocycles. The first kappa shape index (κ1) is 14.3. The van der Waals surface area contributed by atoms with E-state index in [0.29, 0.717) is 17.3 Å². The lowest BCUT2D eigenvalue weighted by molar-refractivity contribution is 0.553. The van der Waals surface area contributed by atoms with Gasteiger partial charge in [-0.2, -0.15) is 0 Å². The van der Waals surface area contributed by atoms with Gasteiger partial charge in [0, 0.05) is 6.07 Å². The van der Waals surface area contributed by atoms with Crippen LogP contribution in [0.3, 0.4) is 0 Å². The summed E-state index contributed by atoms with van der Waals surface area (Å²) in [5.74, 6) is -2.20. The van der Waals surface area contributed by atoms with Crippen molar-refractivity contribution in [3.63, 3.8) is 0 Å². The average Bonchev–Trinajstić information content (AvgIpc) is 2.36. The predicted molar refractivity (Wildman–Crippen MR) is 72.8 cm³/mol. The fourth-order valence-corrected chi connectivity index (χ4v) is 2.86. The number of para-hydroxylation sites is 1. The Hall–Kier alpha value is -2.15. The van der Waals surface area contributed by atoms with Crippen LogP contribution in [0, 0.1) is 18.6 Å². The van der Waals surface area contributed by atoms with Gasteiger partial charge in [-0.05, 0) is 24.6 Å². The predicted octanol–water partition coefficient (Wildman–Crippen LogP) is 2.66. The van der Waals surface area contributed by atoms with Gasteiger partial charge < -0.3 is 5.73 Å². The lowest BCUT2D eigenvalue weighted by Gasteiger charge is -2.11. The molecule has 0 amide bonds. The molecule has 0 atom stereocenters. The highest BCUT2D eigenvalue weighted by Crippen LogP contribution is 2.24. The molecule has 106 valence electrons. The van der Waals surface area contributed by atoms with E-state index in [2.05, 4.69) is 4.72 Å². The number of nitrogens with one attached hydrogen (secondary N) is 1. The minimum absolute atomic E-state index is 0.315. The maximum atomic E-state index is 13.6. The summed E-state index contributed by atoms with van der Waals surface area (Å²) < 4.78 is 53.1. The molecule has 0 aliphatic heterocycles.